The van der Waals surface area contributed by atoms with E-state index in [-0.39, 0.29) is 5.78 Å². The third kappa shape index (κ3) is 5.60. The summed E-state index contributed by atoms with van der Waals surface area (Å²) in [5.41, 5.74) is 9.11. The third-order valence-electron chi connectivity index (χ3n) is 7.52. The number of thiazole rings is 1. The number of ether oxygens (including phenoxy) is 1. The molecular formula is C35H33ClN4O2S. The molecule has 0 unspecified atom stereocenters. The van der Waals surface area contributed by atoms with Crippen LogP contribution in [0.15, 0.2) is 67.0 Å². The summed E-state index contributed by atoms with van der Waals surface area (Å²) in [7, 11) is 1.93. The van der Waals surface area contributed by atoms with Gasteiger partial charge in [0.25, 0.3) is 0 Å². The fourth-order valence-corrected chi connectivity index (χ4v) is 6.86. The summed E-state index contributed by atoms with van der Waals surface area (Å²) in [6.45, 7) is 11.6. The first-order valence-electron chi connectivity index (χ1n) is 14.2. The maximum Gasteiger partial charge on any atom is 0.163 e. The highest BCUT2D eigenvalue weighted by molar-refractivity contribution is 7.22. The minimum absolute atomic E-state index is 0.0444. The lowest BCUT2D eigenvalue weighted by Gasteiger charge is -2.29. The van der Waals surface area contributed by atoms with Crippen LogP contribution in [0.5, 0.6) is 0 Å². The number of carbonyl (C=O) groups excluding carboxylic acids is 1. The highest BCUT2D eigenvalue weighted by Crippen LogP contribution is 2.45. The van der Waals surface area contributed by atoms with Crippen LogP contribution in [0, 0.1) is 13.8 Å². The Labute approximate surface area is 260 Å². The summed E-state index contributed by atoms with van der Waals surface area (Å²) in [5, 5.41) is 7.18. The highest BCUT2D eigenvalue weighted by atomic mass is 35.5. The number of hydrogen-bond acceptors (Lipinski definition) is 6. The van der Waals surface area contributed by atoms with Crippen molar-refractivity contribution in [3.05, 3.63) is 88.7 Å². The molecule has 0 aliphatic carbocycles. The molecule has 6 nitrogen and oxygen atoms in total. The molecule has 0 bridgehead atoms. The van der Waals surface area contributed by atoms with Crippen molar-refractivity contribution in [2.24, 2.45) is 7.05 Å². The van der Waals surface area contributed by atoms with Crippen LogP contribution in [-0.4, -0.2) is 31.1 Å². The Balaban J connectivity index is 1.54. The van der Waals surface area contributed by atoms with E-state index in [1.165, 1.54) is 0 Å². The highest BCUT2D eigenvalue weighted by Gasteiger charge is 2.30. The Kier molecular flexibility index (Phi) is 7.45. The summed E-state index contributed by atoms with van der Waals surface area (Å²) < 4.78 is 9.23. The Morgan fingerprint density at radius 2 is 1.74 bits per heavy atom. The SMILES string of the molecule is CC(=O)[C@@H](OC(C)(C)C)c1c(C)cc2nc(-c3ccnc(-c4ccc5nn(C)cc5c4C)c3)sc2c1-c1ccc(Cl)cc1. The van der Waals surface area contributed by atoms with Crippen molar-refractivity contribution >= 4 is 49.8 Å². The van der Waals surface area contributed by atoms with E-state index in [1.807, 2.05) is 88.2 Å². The van der Waals surface area contributed by atoms with Gasteiger partial charge in [-0.25, -0.2) is 4.98 Å². The molecule has 1 atom stereocenters. The van der Waals surface area contributed by atoms with E-state index in [4.69, 9.17) is 26.3 Å². The van der Waals surface area contributed by atoms with Crippen LogP contribution in [0.4, 0.5) is 0 Å². The second kappa shape index (κ2) is 11.0. The van der Waals surface area contributed by atoms with Crippen molar-refractivity contribution < 1.29 is 9.53 Å². The molecule has 6 rings (SSSR count). The van der Waals surface area contributed by atoms with Gasteiger partial charge in [-0.15, -0.1) is 11.3 Å². The first kappa shape index (κ1) is 29.2. The summed E-state index contributed by atoms with van der Waals surface area (Å²) in [6, 6.07) is 18.0. The molecule has 43 heavy (non-hydrogen) atoms. The number of fused-ring (bicyclic) bond motifs is 2. The van der Waals surface area contributed by atoms with Gasteiger partial charge < -0.3 is 4.74 Å². The number of hydrogen-bond donors (Lipinski definition) is 0. The van der Waals surface area contributed by atoms with Gasteiger partial charge in [-0.3, -0.25) is 14.5 Å². The molecule has 0 aliphatic rings. The smallest absolute Gasteiger partial charge is 0.163 e. The fraction of sp³-hybridized carbons (Fsp3) is 0.257. The molecule has 6 aromatic rings. The van der Waals surface area contributed by atoms with Gasteiger partial charge in [-0.1, -0.05) is 29.8 Å². The topological polar surface area (TPSA) is 69.9 Å². The Morgan fingerprint density at radius 3 is 2.44 bits per heavy atom. The van der Waals surface area contributed by atoms with Crippen molar-refractivity contribution in [1.29, 1.82) is 0 Å². The molecule has 218 valence electrons. The van der Waals surface area contributed by atoms with Gasteiger partial charge in [0.1, 0.15) is 11.1 Å². The van der Waals surface area contributed by atoms with E-state index in [2.05, 4.69) is 30.2 Å². The predicted octanol–water partition coefficient (Wildman–Crippen LogP) is 9.29. The largest absolute Gasteiger partial charge is 0.360 e. The third-order valence-corrected chi connectivity index (χ3v) is 8.91. The zero-order valence-electron chi connectivity index (χ0n) is 25.3. The molecule has 0 amide bonds. The first-order chi connectivity index (χ1) is 20.4. The molecule has 0 radical (unpaired) electrons. The van der Waals surface area contributed by atoms with E-state index >= 15 is 0 Å². The number of aromatic nitrogens is 4. The maximum absolute atomic E-state index is 13.1. The van der Waals surface area contributed by atoms with Gasteiger partial charge in [-0.05, 0) is 94.6 Å². The molecule has 8 heteroatoms. The molecular weight excluding hydrogens is 576 g/mol. The van der Waals surface area contributed by atoms with Crippen LogP contribution >= 0.6 is 22.9 Å². The second-order valence-corrected chi connectivity index (χ2v) is 13.4. The Morgan fingerprint density at radius 1 is 1.00 bits per heavy atom. The van der Waals surface area contributed by atoms with Crippen LogP contribution in [0.2, 0.25) is 5.02 Å². The van der Waals surface area contributed by atoms with Gasteiger partial charge in [0.2, 0.25) is 0 Å². The number of rotatable bonds is 6. The lowest BCUT2D eigenvalue weighted by molar-refractivity contribution is -0.138. The number of nitrogens with zero attached hydrogens (tertiary/aromatic N) is 4. The standard InChI is InChI=1S/C35H33ClN4O2S/c1-19-16-29-33(31(22-8-10-24(36)11-9-22)30(19)32(21(3)41)42-35(4,5)6)43-34(38-29)23-14-15-37-28(17-23)25-12-13-27-26(20(25)2)18-40(7)39-27/h8-18,32H,1-7H3/t32-/m1/s1. The lowest BCUT2D eigenvalue weighted by Crippen LogP contribution is -2.27. The molecule has 3 aromatic heterocycles. The van der Waals surface area contributed by atoms with Crippen LogP contribution in [0.1, 0.15) is 50.5 Å². The number of Topliss-reactive ketones (excluding diaryl/α,β-unsaturated/α-hetero) is 1. The summed E-state index contributed by atoms with van der Waals surface area (Å²) in [5.74, 6) is -0.0444. The van der Waals surface area contributed by atoms with E-state index in [0.717, 1.165) is 70.8 Å². The quantitative estimate of drug-likeness (QED) is 0.188. The number of ketones is 1. The van der Waals surface area contributed by atoms with Crippen molar-refractivity contribution in [1.82, 2.24) is 19.7 Å². The Bertz CT molecular complexity index is 2020. The van der Waals surface area contributed by atoms with Crippen molar-refractivity contribution in [2.45, 2.75) is 53.2 Å². The lowest BCUT2D eigenvalue weighted by atomic mass is 9.90. The van der Waals surface area contributed by atoms with Gasteiger partial charge in [0.05, 0.1) is 27.0 Å². The van der Waals surface area contributed by atoms with Gasteiger partial charge in [-0.2, -0.15) is 5.10 Å². The predicted molar refractivity (Wildman–Crippen MR) is 177 cm³/mol. The fourth-order valence-electron chi connectivity index (χ4n) is 5.61. The summed E-state index contributed by atoms with van der Waals surface area (Å²) in [6.07, 6.45) is 3.16. The zero-order chi connectivity index (χ0) is 30.6. The van der Waals surface area contributed by atoms with Crippen LogP contribution in [0.3, 0.4) is 0 Å². The maximum atomic E-state index is 13.1. The van der Waals surface area contributed by atoms with E-state index in [1.54, 1.807) is 18.3 Å². The minimum Gasteiger partial charge on any atom is -0.360 e. The van der Waals surface area contributed by atoms with Gasteiger partial charge >= 0.3 is 0 Å². The second-order valence-electron chi connectivity index (χ2n) is 12.0. The van der Waals surface area contributed by atoms with Crippen molar-refractivity contribution in [3.8, 4) is 33.0 Å². The van der Waals surface area contributed by atoms with E-state index in [9.17, 15) is 4.79 Å². The van der Waals surface area contributed by atoms with E-state index < -0.39 is 11.7 Å². The number of pyridine rings is 1. The molecule has 0 N–H and O–H groups in total. The molecule has 0 saturated heterocycles. The number of halogens is 1. The molecule has 0 saturated carbocycles. The summed E-state index contributed by atoms with van der Waals surface area (Å²) in [4.78, 5) is 22.9. The van der Waals surface area contributed by atoms with Crippen molar-refractivity contribution in [2.75, 3.05) is 0 Å². The average molecular weight is 609 g/mol. The number of aryl methyl sites for hydroxylation is 3. The Hall–Kier alpha value is -3.91. The average Bonchev–Trinajstić information content (AvgIpc) is 3.55. The number of carbonyl (C=O) groups is 1. The van der Waals surface area contributed by atoms with Crippen LogP contribution in [0.25, 0.3) is 54.1 Å². The molecule has 3 aromatic carbocycles. The minimum atomic E-state index is -0.724. The molecule has 0 fully saturated rings. The normalized spacial score (nSPS) is 12.7. The van der Waals surface area contributed by atoms with Gasteiger partial charge in [0.15, 0.2) is 5.78 Å². The van der Waals surface area contributed by atoms with Crippen LogP contribution in [-0.2, 0) is 16.6 Å². The van der Waals surface area contributed by atoms with Gasteiger partial charge in [0, 0.05) is 52.1 Å². The van der Waals surface area contributed by atoms with E-state index in [0.29, 0.717) is 5.02 Å². The molecule has 0 aliphatic heterocycles. The molecule has 3 heterocycles. The van der Waals surface area contributed by atoms with Crippen LogP contribution < -0.4 is 0 Å². The summed E-state index contributed by atoms with van der Waals surface area (Å²) >= 11 is 7.89. The number of benzene rings is 3. The molecule has 0 spiro atoms. The monoisotopic (exact) mass is 608 g/mol. The first-order valence-corrected chi connectivity index (χ1v) is 15.4. The van der Waals surface area contributed by atoms with Crippen molar-refractivity contribution in [3.63, 3.8) is 0 Å². The zero-order valence-corrected chi connectivity index (χ0v) is 26.9.